The van der Waals surface area contributed by atoms with Gasteiger partial charge in [-0.15, -0.1) is 10.2 Å². The average molecular weight is 366 g/mol. The van der Waals surface area contributed by atoms with Crippen LogP contribution in [0.5, 0.6) is 0 Å². The molecule has 4 rings (SSSR count). The topological polar surface area (TPSA) is 103 Å². The summed E-state index contributed by atoms with van der Waals surface area (Å²) in [5.41, 5.74) is 1.70. The molecule has 0 saturated carbocycles. The van der Waals surface area contributed by atoms with E-state index in [9.17, 15) is 10.1 Å². The first-order chi connectivity index (χ1) is 13.2. The Morgan fingerprint density at radius 2 is 1.89 bits per heavy atom. The maximum atomic E-state index is 11.5. The van der Waals surface area contributed by atoms with Crippen LogP contribution in [0.15, 0.2) is 52.9 Å². The highest BCUT2D eigenvalue weighted by Crippen LogP contribution is 2.31. The van der Waals surface area contributed by atoms with Crippen molar-refractivity contribution in [2.75, 3.05) is 18.5 Å². The van der Waals surface area contributed by atoms with Crippen LogP contribution in [0.3, 0.4) is 0 Å². The number of nitrogens with one attached hydrogen (secondary N) is 1. The molecule has 27 heavy (non-hydrogen) atoms. The van der Waals surface area contributed by atoms with Crippen LogP contribution >= 0.6 is 0 Å². The second kappa shape index (κ2) is 7.55. The van der Waals surface area contributed by atoms with E-state index in [0.29, 0.717) is 23.7 Å². The molecule has 1 atom stereocenters. The molecule has 1 aromatic heterocycles. The number of anilines is 1. The largest absolute Gasteiger partial charge is 0.416 e. The predicted molar refractivity (Wildman–Crippen MR) is 99.3 cm³/mol. The first kappa shape index (κ1) is 17.2. The first-order valence-electron chi connectivity index (χ1n) is 8.74. The minimum absolute atomic E-state index is 0.0371. The van der Waals surface area contributed by atoms with E-state index >= 15 is 0 Å². The van der Waals surface area contributed by atoms with Gasteiger partial charge in [0.1, 0.15) is 5.69 Å². The lowest BCUT2D eigenvalue weighted by molar-refractivity contribution is -0.383. The Balaban J connectivity index is 1.57. The maximum absolute atomic E-state index is 11.5. The van der Waals surface area contributed by atoms with Gasteiger partial charge in [0.15, 0.2) is 0 Å². The monoisotopic (exact) mass is 366 g/mol. The molecule has 1 fully saturated rings. The van der Waals surface area contributed by atoms with Crippen LogP contribution in [-0.4, -0.2) is 34.4 Å². The van der Waals surface area contributed by atoms with Gasteiger partial charge in [0.2, 0.25) is 11.8 Å². The number of nitrogens with zero attached hydrogens (tertiary/aromatic N) is 3. The van der Waals surface area contributed by atoms with E-state index < -0.39 is 4.92 Å². The molecule has 0 unspecified atom stereocenters. The standard InChI is InChI=1S/C19H18N4O4/c24-23(25)17-11-14(8-9-16(17)20-12-15-7-4-10-26-15)19-22-21-18(27-19)13-5-2-1-3-6-13/h1-3,5-6,8-9,11,15,20H,4,7,10,12H2/t15-/m0/s1. The third kappa shape index (κ3) is 3.80. The molecular formula is C19H18N4O4. The van der Waals surface area contributed by atoms with Gasteiger partial charge in [-0.3, -0.25) is 10.1 Å². The average Bonchev–Trinajstić information content (AvgIpc) is 3.39. The summed E-state index contributed by atoms with van der Waals surface area (Å²) in [7, 11) is 0. The Labute approximate surface area is 155 Å². The highest BCUT2D eigenvalue weighted by molar-refractivity contribution is 5.70. The van der Waals surface area contributed by atoms with Crippen molar-refractivity contribution in [1.82, 2.24) is 10.2 Å². The van der Waals surface area contributed by atoms with E-state index in [1.54, 1.807) is 12.1 Å². The van der Waals surface area contributed by atoms with Crippen molar-refractivity contribution >= 4 is 11.4 Å². The van der Waals surface area contributed by atoms with Crippen molar-refractivity contribution in [3.05, 3.63) is 58.6 Å². The molecule has 0 amide bonds. The number of aromatic nitrogens is 2. The quantitative estimate of drug-likeness (QED) is 0.521. The van der Waals surface area contributed by atoms with E-state index in [2.05, 4.69) is 15.5 Å². The lowest BCUT2D eigenvalue weighted by atomic mass is 10.1. The summed E-state index contributed by atoms with van der Waals surface area (Å²) < 4.78 is 11.2. The summed E-state index contributed by atoms with van der Waals surface area (Å²) in [6.07, 6.45) is 2.07. The molecule has 138 valence electrons. The van der Waals surface area contributed by atoms with Crippen molar-refractivity contribution in [3.8, 4) is 22.9 Å². The molecular weight excluding hydrogens is 348 g/mol. The predicted octanol–water partition coefficient (Wildman–Crippen LogP) is 3.90. The van der Waals surface area contributed by atoms with Gasteiger partial charge in [-0.2, -0.15) is 0 Å². The number of nitro groups is 1. The molecule has 8 heteroatoms. The van der Waals surface area contributed by atoms with Crippen LogP contribution in [0.25, 0.3) is 22.9 Å². The zero-order valence-electron chi connectivity index (χ0n) is 14.5. The van der Waals surface area contributed by atoms with Gasteiger partial charge >= 0.3 is 0 Å². The minimum atomic E-state index is -0.421. The third-order valence-electron chi connectivity index (χ3n) is 4.43. The van der Waals surface area contributed by atoms with Crippen LogP contribution < -0.4 is 5.32 Å². The van der Waals surface area contributed by atoms with E-state index in [1.807, 2.05) is 30.3 Å². The molecule has 0 aliphatic carbocycles. The summed E-state index contributed by atoms with van der Waals surface area (Å²) in [4.78, 5) is 11.1. The molecule has 8 nitrogen and oxygen atoms in total. The fourth-order valence-electron chi connectivity index (χ4n) is 3.03. The molecule has 0 spiro atoms. The van der Waals surface area contributed by atoms with Gasteiger partial charge in [0, 0.05) is 30.3 Å². The molecule has 1 aliphatic heterocycles. The van der Waals surface area contributed by atoms with Crippen molar-refractivity contribution in [3.63, 3.8) is 0 Å². The lowest BCUT2D eigenvalue weighted by Gasteiger charge is -2.12. The number of hydrogen-bond acceptors (Lipinski definition) is 7. The molecule has 1 saturated heterocycles. The Kier molecular flexibility index (Phi) is 4.80. The molecule has 1 N–H and O–H groups in total. The zero-order valence-corrected chi connectivity index (χ0v) is 14.5. The van der Waals surface area contributed by atoms with Crippen molar-refractivity contribution < 1.29 is 14.1 Å². The normalized spacial score (nSPS) is 16.4. The SMILES string of the molecule is O=[N+]([O-])c1cc(-c2nnc(-c3ccccc3)o2)ccc1NC[C@@H]1CCCO1. The van der Waals surface area contributed by atoms with Gasteiger partial charge in [-0.05, 0) is 37.1 Å². The molecule has 2 aromatic carbocycles. The molecule has 2 heterocycles. The first-order valence-corrected chi connectivity index (χ1v) is 8.74. The fraction of sp³-hybridized carbons (Fsp3) is 0.263. The van der Waals surface area contributed by atoms with Gasteiger partial charge < -0.3 is 14.5 Å². The Morgan fingerprint density at radius 3 is 2.59 bits per heavy atom. The summed E-state index contributed by atoms with van der Waals surface area (Å²) >= 11 is 0. The number of nitro benzene ring substituents is 1. The summed E-state index contributed by atoms with van der Waals surface area (Å²) in [5.74, 6) is 0.608. The molecule has 3 aromatic rings. The van der Waals surface area contributed by atoms with E-state index in [4.69, 9.17) is 9.15 Å². The summed E-state index contributed by atoms with van der Waals surface area (Å²) in [6, 6.07) is 14.2. The molecule has 0 bridgehead atoms. The van der Waals surface area contributed by atoms with Crippen molar-refractivity contribution in [2.45, 2.75) is 18.9 Å². The number of hydrogen-bond donors (Lipinski definition) is 1. The van der Waals surface area contributed by atoms with E-state index in [1.165, 1.54) is 6.07 Å². The summed E-state index contributed by atoms with van der Waals surface area (Å²) in [5, 5.41) is 22.7. The van der Waals surface area contributed by atoms with Gasteiger partial charge in [0.05, 0.1) is 11.0 Å². The second-order valence-corrected chi connectivity index (χ2v) is 6.28. The zero-order chi connectivity index (χ0) is 18.6. The van der Waals surface area contributed by atoms with Crippen LogP contribution in [0.4, 0.5) is 11.4 Å². The third-order valence-corrected chi connectivity index (χ3v) is 4.43. The van der Waals surface area contributed by atoms with Crippen LogP contribution in [0, 0.1) is 10.1 Å². The highest BCUT2D eigenvalue weighted by atomic mass is 16.6. The number of ether oxygens (including phenoxy) is 1. The number of benzene rings is 2. The smallest absolute Gasteiger partial charge is 0.293 e. The highest BCUT2D eigenvalue weighted by Gasteiger charge is 2.20. The van der Waals surface area contributed by atoms with Crippen molar-refractivity contribution in [1.29, 1.82) is 0 Å². The van der Waals surface area contributed by atoms with E-state index in [-0.39, 0.29) is 17.7 Å². The Hall–Kier alpha value is -3.26. The van der Waals surface area contributed by atoms with Crippen LogP contribution in [0.1, 0.15) is 12.8 Å². The number of rotatable bonds is 6. The molecule has 1 aliphatic rings. The Bertz CT molecular complexity index is 936. The minimum Gasteiger partial charge on any atom is -0.416 e. The van der Waals surface area contributed by atoms with Crippen LogP contribution in [0.2, 0.25) is 0 Å². The van der Waals surface area contributed by atoms with E-state index in [0.717, 1.165) is 25.0 Å². The van der Waals surface area contributed by atoms with Crippen molar-refractivity contribution in [2.24, 2.45) is 0 Å². The molecule has 0 radical (unpaired) electrons. The fourth-order valence-corrected chi connectivity index (χ4v) is 3.03. The van der Waals surface area contributed by atoms with Gasteiger partial charge in [-0.1, -0.05) is 18.2 Å². The van der Waals surface area contributed by atoms with Gasteiger partial charge in [-0.25, -0.2) is 0 Å². The Morgan fingerprint density at radius 1 is 1.11 bits per heavy atom. The second-order valence-electron chi connectivity index (χ2n) is 6.28. The maximum Gasteiger partial charge on any atom is 0.293 e. The van der Waals surface area contributed by atoms with Gasteiger partial charge in [0.25, 0.3) is 5.69 Å². The summed E-state index contributed by atoms with van der Waals surface area (Å²) in [6.45, 7) is 1.28. The lowest BCUT2D eigenvalue weighted by Crippen LogP contribution is -2.18. The van der Waals surface area contributed by atoms with Crippen LogP contribution in [-0.2, 0) is 4.74 Å².